The molecule has 0 aliphatic heterocycles. The van der Waals surface area contributed by atoms with Crippen molar-refractivity contribution >= 4 is 39.1 Å². The molecule has 2 aromatic carbocycles. The van der Waals surface area contributed by atoms with Gasteiger partial charge < -0.3 is 10.2 Å². The van der Waals surface area contributed by atoms with Crippen LogP contribution in [-0.4, -0.2) is 50.5 Å². The number of nitrogens with one attached hydrogen (secondary N) is 1. The summed E-state index contributed by atoms with van der Waals surface area (Å²) in [5, 5.41) is 3.22. The lowest BCUT2D eigenvalue weighted by atomic mass is 10.1. The zero-order valence-electron chi connectivity index (χ0n) is 19.8. The van der Waals surface area contributed by atoms with Crippen LogP contribution in [0.25, 0.3) is 0 Å². The highest BCUT2D eigenvalue weighted by Crippen LogP contribution is 2.25. The number of carbonyl (C=O) groups is 2. The SMILES string of the molecule is CCCNC(=O)[C@H](C)N(Cc1ccccc1C)C(=O)CN(c1ccc(C)c(Cl)c1)S(C)(=O)=O. The maximum Gasteiger partial charge on any atom is 0.244 e. The number of hydrogen-bond donors (Lipinski definition) is 1. The van der Waals surface area contributed by atoms with E-state index in [-0.39, 0.29) is 12.5 Å². The van der Waals surface area contributed by atoms with Crippen molar-refractivity contribution in [3.63, 3.8) is 0 Å². The number of hydrogen-bond acceptors (Lipinski definition) is 4. The first kappa shape index (κ1) is 26.7. The van der Waals surface area contributed by atoms with Crippen LogP contribution in [0.5, 0.6) is 0 Å². The third-order valence-corrected chi connectivity index (χ3v) is 6.99. The van der Waals surface area contributed by atoms with Gasteiger partial charge in [-0.25, -0.2) is 8.42 Å². The second kappa shape index (κ2) is 11.5. The van der Waals surface area contributed by atoms with Crippen LogP contribution in [0.4, 0.5) is 5.69 Å². The topological polar surface area (TPSA) is 86.8 Å². The first-order chi connectivity index (χ1) is 15.5. The van der Waals surface area contributed by atoms with Crippen LogP contribution in [0.3, 0.4) is 0 Å². The Balaban J connectivity index is 2.40. The maximum absolute atomic E-state index is 13.5. The van der Waals surface area contributed by atoms with E-state index in [9.17, 15) is 18.0 Å². The zero-order chi connectivity index (χ0) is 24.8. The normalized spacial score (nSPS) is 12.2. The third kappa shape index (κ3) is 7.20. The third-order valence-electron chi connectivity index (χ3n) is 5.44. The standard InChI is InChI=1S/C24H32ClN3O4S/c1-6-13-26-24(30)19(4)27(15-20-10-8-7-9-17(20)2)23(29)16-28(33(5,31)32)21-12-11-18(3)22(25)14-21/h7-12,14,19H,6,13,15-16H2,1-5H3,(H,26,30)/t19-/m0/s1. The van der Waals surface area contributed by atoms with Gasteiger partial charge in [-0.15, -0.1) is 0 Å². The molecule has 180 valence electrons. The van der Waals surface area contributed by atoms with Crippen molar-refractivity contribution in [1.29, 1.82) is 0 Å². The van der Waals surface area contributed by atoms with E-state index in [0.717, 1.165) is 33.7 Å². The fourth-order valence-electron chi connectivity index (χ4n) is 3.30. The van der Waals surface area contributed by atoms with E-state index in [1.54, 1.807) is 19.1 Å². The molecule has 1 atom stereocenters. The van der Waals surface area contributed by atoms with Gasteiger partial charge in [0.05, 0.1) is 11.9 Å². The van der Waals surface area contributed by atoms with E-state index in [4.69, 9.17) is 11.6 Å². The molecule has 0 spiro atoms. The van der Waals surface area contributed by atoms with Crippen LogP contribution in [0.2, 0.25) is 5.02 Å². The number of rotatable bonds is 10. The number of nitrogens with zero attached hydrogens (tertiary/aromatic N) is 2. The van der Waals surface area contributed by atoms with Gasteiger partial charge in [-0.3, -0.25) is 13.9 Å². The van der Waals surface area contributed by atoms with E-state index >= 15 is 0 Å². The molecule has 0 aliphatic carbocycles. The van der Waals surface area contributed by atoms with Crippen LogP contribution in [-0.2, 0) is 26.2 Å². The quantitative estimate of drug-likeness (QED) is 0.547. The minimum Gasteiger partial charge on any atom is -0.354 e. The molecule has 2 aromatic rings. The number of sulfonamides is 1. The lowest BCUT2D eigenvalue weighted by molar-refractivity contribution is -0.139. The molecule has 0 heterocycles. The molecule has 9 heteroatoms. The Morgan fingerprint density at radius 3 is 2.33 bits per heavy atom. The smallest absolute Gasteiger partial charge is 0.244 e. The van der Waals surface area contributed by atoms with Gasteiger partial charge >= 0.3 is 0 Å². The number of halogens is 1. The summed E-state index contributed by atoms with van der Waals surface area (Å²) in [5.41, 5.74) is 2.94. The van der Waals surface area contributed by atoms with Crippen molar-refractivity contribution in [1.82, 2.24) is 10.2 Å². The van der Waals surface area contributed by atoms with E-state index in [2.05, 4.69) is 5.32 Å². The average molecular weight is 494 g/mol. The average Bonchev–Trinajstić information content (AvgIpc) is 2.75. The molecule has 0 aromatic heterocycles. The molecule has 0 aliphatic rings. The first-order valence-electron chi connectivity index (χ1n) is 10.8. The van der Waals surface area contributed by atoms with Crippen molar-refractivity contribution in [2.24, 2.45) is 0 Å². The zero-order valence-corrected chi connectivity index (χ0v) is 21.3. The minimum absolute atomic E-state index is 0.179. The Hall–Kier alpha value is -2.58. The van der Waals surface area contributed by atoms with Crippen molar-refractivity contribution in [3.05, 3.63) is 64.2 Å². The molecular weight excluding hydrogens is 462 g/mol. The molecule has 7 nitrogen and oxygen atoms in total. The number of benzene rings is 2. The lowest BCUT2D eigenvalue weighted by Gasteiger charge is -2.32. The van der Waals surface area contributed by atoms with Crippen molar-refractivity contribution in [3.8, 4) is 0 Å². The van der Waals surface area contributed by atoms with Crippen LogP contribution in [0.1, 0.15) is 37.0 Å². The van der Waals surface area contributed by atoms with Crippen molar-refractivity contribution < 1.29 is 18.0 Å². The second-order valence-corrected chi connectivity index (χ2v) is 10.4. The summed E-state index contributed by atoms with van der Waals surface area (Å²) in [7, 11) is -3.79. The van der Waals surface area contributed by atoms with Crippen LogP contribution >= 0.6 is 11.6 Å². The molecule has 0 bridgehead atoms. The van der Waals surface area contributed by atoms with E-state index in [1.165, 1.54) is 11.0 Å². The van der Waals surface area contributed by atoms with Gasteiger partial charge in [0.2, 0.25) is 21.8 Å². The number of amides is 2. The molecule has 2 amide bonds. The molecule has 33 heavy (non-hydrogen) atoms. The number of aryl methyl sites for hydroxylation is 2. The van der Waals surface area contributed by atoms with Gasteiger partial charge in [0.15, 0.2) is 0 Å². The van der Waals surface area contributed by atoms with Crippen molar-refractivity contribution in [2.75, 3.05) is 23.7 Å². The summed E-state index contributed by atoms with van der Waals surface area (Å²) in [6, 6.07) is 11.6. The summed E-state index contributed by atoms with van der Waals surface area (Å²) < 4.78 is 26.2. The van der Waals surface area contributed by atoms with Crippen molar-refractivity contribution in [2.45, 2.75) is 46.7 Å². The van der Waals surface area contributed by atoms with Gasteiger partial charge in [0.25, 0.3) is 0 Å². The van der Waals surface area contributed by atoms with Crippen LogP contribution in [0.15, 0.2) is 42.5 Å². The monoisotopic (exact) mass is 493 g/mol. The van der Waals surface area contributed by atoms with Gasteiger partial charge in [0, 0.05) is 18.1 Å². The predicted molar refractivity (Wildman–Crippen MR) is 133 cm³/mol. The Kier molecular flexibility index (Phi) is 9.31. The van der Waals surface area contributed by atoms with Crippen LogP contribution in [0, 0.1) is 13.8 Å². The van der Waals surface area contributed by atoms with E-state index < -0.39 is 28.5 Å². The Labute approximate surface area is 201 Å². The first-order valence-corrected chi connectivity index (χ1v) is 13.0. The highest BCUT2D eigenvalue weighted by atomic mass is 35.5. The summed E-state index contributed by atoms with van der Waals surface area (Å²) in [6.07, 6.45) is 1.80. The molecular formula is C24H32ClN3O4S. The summed E-state index contributed by atoms with van der Waals surface area (Å²) in [5.74, 6) is -0.775. The van der Waals surface area contributed by atoms with Gasteiger partial charge in [-0.2, -0.15) is 0 Å². The molecule has 0 saturated carbocycles. The summed E-state index contributed by atoms with van der Waals surface area (Å²) in [4.78, 5) is 27.6. The summed E-state index contributed by atoms with van der Waals surface area (Å²) in [6.45, 7) is 7.55. The van der Waals surface area contributed by atoms with E-state index in [0.29, 0.717) is 17.3 Å². The molecule has 0 radical (unpaired) electrons. The fraction of sp³-hybridized carbons (Fsp3) is 0.417. The molecule has 1 N–H and O–H groups in total. The fourth-order valence-corrected chi connectivity index (χ4v) is 4.32. The van der Waals surface area contributed by atoms with Gasteiger partial charge in [-0.05, 0) is 56.0 Å². The number of anilines is 1. The van der Waals surface area contributed by atoms with E-state index in [1.807, 2.05) is 45.0 Å². The lowest BCUT2D eigenvalue weighted by Crippen LogP contribution is -2.51. The molecule has 0 saturated heterocycles. The number of carbonyl (C=O) groups excluding carboxylic acids is 2. The van der Waals surface area contributed by atoms with Gasteiger partial charge in [-0.1, -0.05) is 48.9 Å². The Morgan fingerprint density at radius 1 is 1.09 bits per heavy atom. The minimum atomic E-state index is -3.79. The Morgan fingerprint density at radius 2 is 1.76 bits per heavy atom. The highest BCUT2D eigenvalue weighted by Gasteiger charge is 2.30. The Bertz CT molecular complexity index is 1100. The van der Waals surface area contributed by atoms with Crippen LogP contribution < -0.4 is 9.62 Å². The predicted octanol–water partition coefficient (Wildman–Crippen LogP) is 3.67. The maximum atomic E-state index is 13.5. The highest BCUT2D eigenvalue weighted by molar-refractivity contribution is 7.92. The largest absolute Gasteiger partial charge is 0.354 e. The molecule has 0 fully saturated rings. The molecule has 2 rings (SSSR count). The van der Waals surface area contributed by atoms with Gasteiger partial charge in [0.1, 0.15) is 12.6 Å². The molecule has 0 unspecified atom stereocenters. The second-order valence-electron chi connectivity index (χ2n) is 8.12. The summed E-state index contributed by atoms with van der Waals surface area (Å²) >= 11 is 6.20.